The van der Waals surface area contributed by atoms with E-state index in [0.717, 1.165) is 17.7 Å². The zero-order chi connectivity index (χ0) is 12.4. The molecule has 2 aromatic carbocycles. The van der Waals surface area contributed by atoms with Crippen LogP contribution >= 0.6 is 0 Å². The smallest absolute Gasteiger partial charge is 0.162 e. The van der Waals surface area contributed by atoms with Crippen LogP contribution in [0, 0.1) is 18.6 Å². The van der Waals surface area contributed by atoms with Gasteiger partial charge < -0.3 is 10.5 Å². The Bertz CT molecular complexity index is 535. The van der Waals surface area contributed by atoms with Gasteiger partial charge in [-0.3, -0.25) is 0 Å². The third-order valence-electron chi connectivity index (χ3n) is 2.20. The minimum absolute atomic E-state index is 0.230. The first-order valence-electron chi connectivity index (χ1n) is 5.04. The minimum atomic E-state index is -0.942. The molecule has 2 rings (SSSR count). The minimum Gasteiger partial charge on any atom is -0.457 e. The number of rotatable bonds is 2. The van der Waals surface area contributed by atoms with Gasteiger partial charge in [0.25, 0.3) is 0 Å². The van der Waals surface area contributed by atoms with Crippen molar-refractivity contribution >= 4 is 5.69 Å². The van der Waals surface area contributed by atoms with Gasteiger partial charge in [0.1, 0.15) is 11.5 Å². The summed E-state index contributed by atoms with van der Waals surface area (Å²) in [5.41, 5.74) is 7.14. The average molecular weight is 235 g/mol. The van der Waals surface area contributed by atoms with Gasteiger partial charge in [-0.2, -0.15) is 0 Å². The van der Waals surface area contributed by atoms with Crippen molar-refractivity contribution in [3.63, 3.8) is 0 Å². The van der Waals surface area contributed by atoms with Crippen LogP contribution in [0.2, 0.25) is 0 Å². The highest BCUT2D eigenvalue weighted by Crippen LogP contribution is 2.25. The monoisotopic (exact) mass is 235 g/mol. The van der Waals surface area contributed by atoms with Gasteiger partial charge in [0.2, 0.25) is 0 Å². The number of nitrogen functional groups attached to an aromatic ring is 1. The van der Waals surface area contributed by atoms with Crippen LogP contribution in [-0.4, -0.2) is 0 Å². The summed E-state index contributed by atoms with van der Waals surface area (Å²) in [6, 6.07) is 8.54. The molecule has 0 amide bonds. The molecule has 17 heavy (non-hydrogen) atoms. The number of ether oxygens (including phenoxy) is 1. The summed E-state index contributed by atoms with van der Waals surface area (Å²) in [5.74, 6) is -1.12. The molecule has 0 saturated carbocycles. The van der Waals surface area contributed by atoms with E-state index in [4.69, 9.17) is 10.5 Å². The van der Waals surface area contributed by atoms with E-state index in [-0.39, 0.29) is 5.75 Å². The lowest BCUT2D eigenvalue weighted by Crippen LogP contribution is -1.91. The van der Waals surface area contributed by atoms with Gasteiger partial charge in [-0.1, -0.05) is 0 Å². The first-order valence-corrected chi connectivity index (χ1v) is 5.04. The Balaban J connectivity index is 2.28. The second-order valence-electron chi connectivity index (χ2n) is 3.76. The Kier molecular flexibility index (Phi) is 2.95. The molecule has 0 saturated heterocycles. The highest BCUT2D eigenvalue weighted by Gasteiger charge is 2.05. The van der Waals surface area contributed by atoms with Crippen LogP contribution < -0.4 is 10.5 Å². The van der Waals surface area contributed by atoms with Crippen LogP contribution in [0.4, 0.5) is 14.5 Å². The van der Waals surface area contributed by atoms with Gasteiger partial charge in [0.05, 0.1) is 0 Å². The van der Waals surface area contributed by atoms with Crippen molar-refractivity contribution in [2.75, 3.05) is 5.73 Å². The zero-order valence-corrected chi connectivity index (χ0v) is 9.21. The fourth-order valence-electron chi connectivity index (χ4n) is 1.51. The predicted octanol–water partition coefficient (Wildman–Crippen LogP) is 3.65. The molecule has 2 nitrogen and oxygen atoms in total. The van der Waals surface area contributed by atoms with Crippen molar-refractivity contribution in [2.24, 2.45) is 0 Å². The van der Waals surface area contributed by atoms with Crippen LogP contribution in [-0.2, 0) is 0 Å². The molecular formula is C13H11F2NO. The lowest BCUT2D eigenvalue weighted by molar-refractivity contribution is 0.461. The van der Waals surface area contributed by atoms with Crippen molar-refractivity contribution in [1.29, 1.82) is 0 Å². The molecule has 4 heteroatoms. The number of halogens is 2. The van der Waals surface area contributed by atoms with E-state index >= 15 is 0 Å². The molecule has 0 radical (unpaired) electrons. The van der Waals surface area contributed by atoms with Crippen LogP contribution in [0.5, 0.6) is 11.5 Å². The maximum absolute atomic E-state index is 13.0. The van der Waals surface area contributed by atoms with Gasteiger partial charge in [0, 0.05) is 17.8 Å². The molecule has 0 unspecified atom stereocenters. The second-order valence-corrected chi connectivity index (χ2v) is 3.76. The van der Waals surface area contributed by atoms with Crippen molar-refractivity contribution < 1.29 is 13.5 Å². The molecule has 0 bridgehead atoms. The van der Waals surface area contributed by atoms with Crippen molar-refractivity contribution in [1.82, 2.24) is 0 Å². The van der Waals surface area contributed by atoms with Gasteiger partial charge in [-0.25, -0.2) is 8.78 Å². The summed E-state index contributed by atoms with van der Waals surface area (Å²) in [5, 5.41) is 0. The summed E-state index contributed by atoms with van der Waals surface area (Å²) in [6.45, 7) is 1.87. The number of nitrogens with two attached hydrogens (primary N) is 1. The van der Waals surface area contributed by atoms with Gasteiger partial charge in [0.15, 0.2) is 11.6 Å². The van der Waals surface area contributed by atoms with E-state index in [2.05, 4.69) is 0 Å². The first kappa shape index (κ1) is 11.4. The molecule has 0 aliphatic heterocycles. The first-order chi connectivity index (χ1) is 8.04. The van der Waals surface area contributed by atoms with E-state index in [1.54, 1.807) is 18.2 Å². The number of hydrogen-bond donors (Lipinski definition) is 1. The van der Waals surface area contributed by atoms with E-state index in [1.807, 2.05) is 6.92 Å². The fourth-order valence-corrected chi connectivity index (χ4v) is 1.51. The average Bonchev–Trinajstić information content (AvgIpc) is 2.22. The maximum atomic E-state index is 13.0. The van der Waals surface area contributed by atoms with Crippen LogP contribution in [0.25, 0.3) is 0 Å². The topological polar surface area (TPSA) is 35.2 Å². The molecule has 2 aromatic rings. The van der Waals surface area contributed by atoms with Crippen LogP contribution in [0.1, 0.15) is 5.56 Å². The van der Waals surface area contributed by atoms with E-state index < -0.39 is 11.6 Å². The molecule has 0 aromatic heterocycles. The summed E-state index contributed by atoms with van der Waals surface area (Å²) < 4.78 is 31.1. The highest BCUT2D eigenvalue weighted by atomic mass is 19.2. The third-order valence-corrected chi connectivity index (χ3v) is 2.20. The molecule has 0 atom stereocenters. The number of hydrogen-bond acceptors (Lipinski definition) is 2. The molecular weight excluding hydrogens is 224 g/mol. The standard InChI is InChI=1S/C13H11F2NO/c1-8-4-9(16)6-11(5-8)17-10-2-3-12(14)13(15)7-10/h2-7H,16H2,1H3. The Labute approximate surface area is 97.6 Å². The van der Waals surface area contributed by atoms with Crippen molar-refractivity contribution in [3.05, 3.63) is 53.6 Å². The lowest BCUT2D eigenvalue weighted by Gasteiger charge is -2.07. The predicted molar refractivity (Wildman–Crippen MR) is 62.0 cm³/mol. The highest BCUT2D eigenvalue weighted by molar-refractivity contribution is 5.48. The van der Waals surface area contributed by atoms with Crippen molar-refractivity contribution in [3.8, 4) is 11.5 Å². The van der Waals surface area contributed by atoms with E-state index in [0.29, 0.717) is 11.4 Å². The zero-order valence-electron chi connectivity index (χ0n) is 9.21. The summed E-state index contributed by atoms with van der Waals surface area (Å²) >= 11 is 0. The molecule has 0 fully saturated rings. The molecule has 0 spiro atoms. The Morgan fingerprint density at radius 2 is 1.71 bits per heavy atom. The maximum Gasteiger partial charge on any atom is 0.162 e. The fraction of sp³-hybridized carbons (Fsp3) is 0.0769. The van der Waals surface area contributed by atoms with Gasteiger partial charge >= 0.3 is 0 Å². The van der Waals surface area contributed by atoms with E-state index in [1.165, 1.54) is 6.07 Å². The number of benzene rings is 2. The summed E-state index contributed by atoms with van der Waals surface area (Å²) in [4.78, 5) is 0. The molecule has 0 heterocycles. The van der Waals surface area contributed by atoms with Gasteiger partial charge in [-0.15, -0.1) is 0 Å². The Morgan fingerprint density at radius 1 is 0.941 bits per heavy atom. The third kappa shape index (κ3) is 2.72. The summed E-state index contributed by atoms with van der Waals surface area (Å²) in [7, 11) is 0. The largest absolute Gasteiger partial charge is 0.457 e. The van der Waals surface area contributed by atoms with Gasteiger partial charge in [-0.05, 0) is 36.8 Å². The van der Waals surface area contributed by atoms with E-state index in [9.17, 15) is 8.78 Å². The summed E-state index contributed by atoms with van der Waals surface area (Å²) in [6.07, 6.45) is 0. The number of anilines is 1. The molecule has 88 valence electrons. The van der Waals surface area contributed by atoms with Crippen molar-refractivity contribution in [2.45, 2.75) is 6.92 Å². The quantitative estimate of drug-likeness (QED) is 0.806. The van der Waals surface area contributed by atoms with Crippen LogP contribution in [0.15, 0.2) is 36.4 Å². The molecule has 0 aliphatic rings. The second kappa shape index (κ2) is 4.41. The normalized spacial score (nSPS) is 10.3. The Hall–Kier alpha value is -2.10. The van der Waals surface area contributed by atoms with Crippen LogP contribution in [0.3, 0.4) is 0 Å². The SMILES string of the molecule is Cc1cc(N)cc(Oc2ccc(F)c(F)c2)c1. The lowest BCUT2D eigenvalue weighted by atomic mass is 10.2. The Morgan fingerprint density at radius 3 is 2.35 bits per heavy atom. The molecule has 2 N–H and O–H groups in total. The number of aryl methyl sites for hydroxylation is 1. The molecule has 0 aliphatic carbocycles.